The summed E-state index contributed by atoms with van der Waals surface area (Å²) in [6.07, 6.45) is 5.08. The predicted molar refractivity (Wildman–Crippen MR) is 82.3 cm³/mol. The van der Waals surface area contributed by atoms with Gasteiger partial charge >= 0.3 is 5.97 Å². The Morgan fingerprint density at radius 2 is 1.90 bits per heavy atom. The number of carboxylic acid groups (broad SMARTS) is 1. The molecule has 1 aromatic rings. The first kappa shape index (κ1) is 14.7. The maximum Gasteiger partial charge on any atom is 0.314 e. The van der Waals surface area contributed by atoms with Crippen molar-refractivity contribution in [1.29, 1.82) is 0 Å². The van der Waals surface area contributed by atoms with Crippen LogP contribution in [0.2, 0.25) is 5.02 Å². The van der Waals surface area contributed by atoms with Gasteiger partial charge in [-0.3, -0.25) is 4.79 Å². The van der Waals surface area contributed by atoms with Crippen molar-refractivity contribution in [2.75, 3.05) is 0 Å². The van der Waals surface area contributed by atoms with Gasteiger partial charge in [0.1, 0.15) is 11.4 Å². The average Bonchev–Trinajstić information content (AvgIpc) is 2.72. The summed E-state index contributed by atoms with van der Waals surface area (Å²) >= 11 is 6.26. The molecule has 1 fully saturated rings. The fourth-order valence-electron chi connectivity index (χ4n) is 3.78. The van der Waals surface area contributed by atoms with Gasteiger partial charge < -0.3 is 9.84 Å². The van der Waals surface area contributed by atoms with Gasteiger partial charge in [0, 0.05) is 17.0 Å². The van der Waals surface area contributed by atoms with E-state index >= 15 is 0 Å². The summed E-state index contributed by atoms with van der Waals surface area (Å²) in [6.45, 7) is 4.05. The van der Waals surface area contributed by atoms with Crippen molar-refractivity contribution >= 4 is 17.6 Å². The Kier molecular flexibility index (Phi) is 3.44. The van der Waals surface area contributed by atoms with Crippen molar-refractivity contribution in [2.45, 2.75) is 63.4 Å². The van der Waals surface area contributed by atoms with Crippen LogP contribution in [-0.4, -0.2) is 16.7 Å². The highest BCUT2D eigenvalue weighted by Gasteiger charge is 2.46. The van der Waals surface area contributed by atoms with E-state index in [2.05, 4.69) is 0 Å². The van der Waals surface area contributed by atoms with Gasteiger partial charge in [0.15, 0.2) is 0 Å². The van der Waals surface area contributed by atoms with Gasteiger partial charge in [0.25, 0.3) is 0 Å². The van der Waals surface area contributed by atoms with Crippen LogP contribution in [0.5, 0.6) is 5.75 Å². The zero-order valence-electron chi connectivity index (χ0n) is 12.5. The average molecular weight is 309 g/mol. The number of ether oxygens (including phenoxy) is 1. The van der Waals surface area contributed by atoms with E-state index in [-0.39, 0.29) is 5.60 Å². The molecule has 0 amide bonds. The number of hydrogen-bond donors (Lipinski definition) is 1. The van der Waals surface area contributed by atoms with E-state index < -0.39 is 11.4 Å². The Hall–Kier alpha value is -1.22. The van der Waals surface area contributed by atoms with Crippen molar-refractivity contribution in [2.24, 2.45) is 0 Å². The van der Waals surface area contributed by atoms with Crippen LogP contribution in [0.15, 0.2) is 12.1 Å². The van der Waals surface area contributed by atoms with E-state index in [4.69, 9.17) is 16.3 Å². The molecule has 0 spiro atoms. The molecule has 1 saturated carbocycles. The van der Waals surface area contributed by atoms with Crippen molar-refractivity contribution in [3.8, 4) is 5.75 Å². The lowest BCUT2D eigenvalue weighted by Crippen LogP contribution is -2.38. The van der Waals surface area contributed by atoms with Crippen molar-refractivity contribution in [3.63, 3.8) is 0 Å². The zero-order valence-corrected chi connectivity index (χ0v) is 13.3. The van der Waals surface area contributed by atoms with Crippen LogP contribution in [0.1, 0.15) is 57.1 Å². The molecule has 3 nitrogen and oxygen atoms in total. The second-order valence-corrected chi connectivity index (χ2v) is 7.36. The summed E-state index contributed by atoms with van der Waals surface area (Å²) in [4.78, 5) is 12.1. The van der Waals surface area contributed by atoms with Crippen molar-refractivity contribution < 1.29 is 14.6 Å². The third kappa shape index (κ3) is 2.42. The molecular formula is C17H21ClO3. The summed E-state index contributed by atoms with van der Waals surface area (Å²) in [5, 5.41) is 10.5. The van der Waals surface area contributed by atoms with Crippen molar-refractivity contribution in [1.82, 2.24) is 0 Å². The van der Waals surface area contributed by atoms with Gasteiger partial charge in [-0.2, -0.15) is 0 Å². The van der Waals surface area contributed by atoms with Gasteiger partial charge in [0.05, 0.1) is 5.41 Å². The summed E-state index contributed by atoms with van der Waals surface area (Å²) < 4.78 is 6.09. The number of halogens is 1. The van der Waals surface area contributed by atoms with Crippen LogP contribution in [0.3, 0.4) is 0 Å². The van der Waals surface area contributed by atoms with E-state index in [9.17, 15) is 9.90 Å². The molecule has 0 atom stereocenters. The topological polar surface area (TPSA) is 46.5 Å². The minimum atomic E-state index is -0.840. The van der Waals surface area contributed by atoms with Crippen LogP contribution >= 0.6 is 11.6 Å². The zero-order chi connectivity index (χ0) is 15.3. The van der Waals surface area contributed by atoms with Crippen LogP contribution in [0.4, 0.5) is 0 Å². The van der Waals surface area contributed by atoms with Crippen LogP contribution in [-0.2, 0) is 16.6 Å². The Bertz CT molecular complexity index is 586. The highest BCUT2D eigenvalue weighted by atomic mass is 35.5. The fraction of sp³-hybridized carbons (Fsp3) is 0.588. The minimum absolute atomic E-state index is 0.296. The molecule has 1 N–H and O–H groups in total. The Labute approximate surface area is 130 Å². The lowest BCUT2D eigenvalue weighted by Gasteiger charge is -2.35. The smallest absolute Gasteiger partial charge is 0.314 e. The van der Waals surface area contributed by atoms with Gasteiger partial charge in [-0.15, -0.1) is 0 Å². The van der Waals surface area contributed by atoms with Gasteiger partial charge in [-0.25, -0.2) is 0 Å². The second-order valence-electron chi connectivity index (χ2n) is 6.93. The van der Waals surface area contributed by atoms with Gasteiger partial charge in [-0.1, -0.05) is 30.9 Å². The number of carboxylic acids is 1. The largest absolute Gasteiger partial charge is 0.487 e. The van der Waals surface area contributed by atoms with Gasteiger partial charge in [0.2, 0.25) is 0 Å². The molecular weight excluding hydrogens is 288 g/mol. The van der Waals surface area contributed by atoms with Crippen LogP contribution in [0, 0.1) is 0 Å². The normalized spacial score (nSPS) is 22.4. The number of benzene rings is 1. The summed E-state index contributed by atoms with van der Waals surface area (Å²) in [7, 11) is 0. The van der Waals surface area contributed by atoms with E-state index in [0.29, 0.717) is 17.9 Å². The van der Waals surface area contributed by atoms with E-state index in [1.54, 1.807) is 6.07 Å². The lowest BCUT2D eigenvalue weighted by molar-refractivity contribution is -0.145. The van der Waals surface area contributed by atoms with Crippen LogP contribution in [0.25, 0.3) is 0 Å². The Balaban J connectivity index is 2.16. The molecule has 1 aliphatic carbocycles. The quantitative estimate of drug-likeness (QED) is 0.884. The van der Waals surface area contributed by atoms with E-state index in [0.717, 1.165) is 42.6 Å². The molecule has 0 radical (unpaired) electrons. The Morgan fingerprint density at radius 1 is 1.24 bits per heavy atom. The number of fused-ring (bicyclic) bond motifs is 1. The first-order chi connectivity index (χ1) is 9.84. The molecule has 0 saturated heterocycles. The fourth-order valence-corrected chi connectivity index (χ4v) is 4.02. The van der Waals surface area contributed by atoms with E-state index in [1.807, 2.05) is 19.9 Å². The molecule has 0 bridgehead atoms. The minimum Gasteiger partial charge on any atom is -0.487 e. The molecule has 1 heterocycles. The monoisotopic (exact) mass is 308 g/mol. The maximum absolute atomic E-state index is 12.1. The molecule has 2 aliphatic rings. The summed E-state index contributed by atoms with van der Waals surface area (Å²) in [5.74, 6) is 0.00803. The number of carbonyl (C=O) groups is 1. The molecule has 114 valence electrons. The second kappa shape index (κ2) is 4.91. The predicted octanol–water partition coefficient (Wildman–Crippen LogP) is 4.34. The Morgan fingerprint density at radius 3 is 2.52 bits per heavy atom. The molecule has 3 rings (SSSR count). The number of hydrogen-bond acceptors (Lipinski definition) is 2. The third-order valence-corrected chi connectivity index (χ3v) is 4.98. The number of aliphatic carboxylic acids is 1. The standard InChI is InChI=1S/C17H21ClO3/c1-16(2)10-11-8-12(18)9-13(14(11)21-16)17(15(19)20)6-4-3-5-7-17/h8-9H,3-7,10H2,1-2H3,(H,19,20). The maximum atomic E-state index is 12.1. The van der Waals surface area contributed by atoms with E-state index in [1.165, 1.54) is 0 Å². The highest BCUT2D eigenvalue weighted by molar-refractivity contribution is 6.30. The SMILES string of the molecule is CC1(C)Cc2cc(Cl)cc(C3(C(=O)O)CCCCC3)c2O1. The molecule has 4 heteroatoms. The third-order valence-electron chi connectivity index (χ3n) is 4.76. The lowest BCUT2D eigenvalue weighted by atomic mass is 9.69. The molecule has 0 unspecified atom stereocenters. The van der Waals surface area contributed by atoms with Crippen molar-refractivity contribution in [3.05, 3.63) is 28.3 Å². The molecule has 0 aromatic heterocycles. The number of rotatable bonds is 2. The first-order valence-corrected chi connectivity index (χ1v) is 7.97. The summed E-state index contributed by atoms with van der Waals surface area (Å²) in [6, 6.07) is 3.72. The highest BCUT2D eigenvalue weighted by Crippen LogP contribution is 2.49. The van der Waals surface area contributed by atoms with Crippen LogP contribution < -0.4 is 4.74 Å². The molecule has 21 heavy (non-hydrogen) atoms. The molecule has 1 aliphatic heterocycles. The molecule has 1 aromatic carbocycles. The first-order valence-electron chi connectivity index (χ1n) is 7.59. The van der Waals surface area contributed by atoms with Gasteiger partial charge in [-0.05, 0) is 44.4 Å². The summed E-state index contributed by atoms with van der Waals surface area (Å²) in [5.41, 5.74) is 0.681.